The van der Waals surface area contributed by atoms with Gasteiger partial charge in [-0.05, 0) is 36.8 Å². The van der Waals surface area contributed by atoms with Gasteiger partial charge < -0.3 is 14.8 Å². The zero-order valence-corrected chi connectivity index (χ0v) is 12.7. The first kappa shape index (κ1) is 16.7. The van der Waals surface area contributed by atoms with Crippen molar-refractivity contribution in [1.29, 1.82) is 0 Å². The lowest BCUT2D eigenvalue weighted by Crippen LogP contribution is -2.30. The van der Waals surface area contributed by atoms with Crippen molar-refractivity contribution in [3.63, 3.8) is 0 Å². The van der Waals surface area contributed by atoms with Crippen molar-refractivity contribution in [3.05, 3.63) is 59.3 Å². The predicted octanol–water partition coefficient (Wildman–Crippen LogP) is 2.99. The van der Waals surface area contributed by atoms with Gasteiger partial charge in [0, 0.05) is 12.8 Å². The molecule has 1 aromatic heterocycles. The van der Waals surface area contributed by atoms with E-state index in [1.165, 1.54) is 24.3 Å². The molecule has 0 spiro atoms. The number of aliphatic carboxylic acids is 1. The second kappa shape index (κ2) is 7.58. The molecule has 0 radical (unpaired) electrons. The summed E-state index contributed by atoms with van der Waals surface area (Å²) in [7, 11) is 0. The van der Waals surface area contributed by atoms with Crippen LogP contribution in [0.1, 0.15) is 36.0 Å². The van der Waals surface area contributed by atoms with Gasteiger partial charge in [-0.25, -0.2) is 4.39 Å². The number of nitrogens with one attached hydrogen (secondary N) is 1. The van der Waals surface area contributed by atoms with Crippen LogP contribution < -0.4 is 5.32 Å². The standard InChI is InChI=1S/C17H18FNO4/c1-11-2-7-14(23-11)8-9-16(20)19-15(10-17(21)22)12-3-5-13(18)6-4-12/h2-7,15H,8-10H2,1H3,(H,19,20)(H,21,22)/t15-/m1/s1. The number of hydrogen-bond donors (Lipinski definition) is 2. The minimum absolute atomic E-state index is 0.185. The summed E-state index contributed by atoms with van der Waals surface area (Å²) in [5, 5.41) is 11.7. The minimum atomic E-state index is -1.04. The van der Waals surface area contributed by atoms with E-state index in [1.807, 2.05) is 13.0 Å². The number of amides is 1. The Labute approximate surface area is 133 Å². The van der Waals surface area contributed by atoms with Gasteiger partial charge in [-0.15, -0.1) is 0 Å². The SMILES string of the molecule is Cc1ccc(CCC(=O)N[C@H](CC(=O)O)c2ccc(F)cc2)o1. The van der Waals surface area contributed by atoms with Gasteiger partial charge >= 0.3 is 5.97 Å². The average molecular weight is 319 g/mol. The topological polar surface area (TPSA) is 79.5 Å². The normalized spacial score (nSPS) is 11.9. The number of hydrogen-bond acceptors (Lipinski definition) is 3. The van der Waals surface area contributed by atoms with Gasteiger partial charge in [0.05, 0.1) is 12.5 Å². The van der Waals surface area contributed by atoms with E-state index in [0.29, 0.717) is 17.7 Å². The van der Waals surface area contributed by atoms with Crippen LogP contribution in [0.15, 0.2) is 40.8 Å². The molecule has 0 aliphatic rings. The van der Waals surface area contributed by atoms with E-state index in [1.54, 1.807) is 6.07 Å². The first-order valence-corrected chi connectivity index (χ1v) is 7.26. The molecule has 1 heterocycles. The second-order valence-electron chi connectivity index (χ2n) is 5.28. The lowest BCUT2D eigenvalue weighted by molar-refractivity contribution is -0.137. The lowest BCUT2D eigenvalue weighted by Gasteiger charge is -2.17. The van der Waals surface area contributed by atoms with Crippen LogP contribution in [0.2, 0.25) is 0 Å². The van der Waals surface area contributed by atoms with Crippen molar-refractivity contribution in [2.24, 2.45) is 0 Å². The van der Waals surface area contributed by atoms with Crippen molar-refractivity contribution >= 4 is 11.9 Å². The molecule has 2 aromatic rings. The highest BCUT2D eigenvalue weighted by atomic mass is 19.1. The first-order chi connectivity index (χ1) is 10.9. The molecule has 0 bridgehead atoms. The molecule has 6 heteroatoms. The summed E-state index contributed by atoms with van der Waals surface area (Å²) in [5.41, 5.74) is 0.552. The van der Waals surface area contributed by atoms with Gasteiger partial charge in [-0.2, -0.15) is 0 Å². The third-order valence-corrected chi connectivity index (χ3v) is 3.38. The molecule has 1 aromatic carbocycles. The van der Waals surface area contributed by atoms with Crippen LogP contribution >= 0.6 is 0 Å². The molecule has 0 fully saturated rings. The van der Waals surface area contributed by atoms with E-state index in [2.05, 4.69) is 5.32 Å². The maximum absolute atomic E-state index is 13.0. The highest BCUT2D eigenvalue weighted by molar-refractivity contribution is 5.78. The summed E-state index contributed by atoms with van der Waals surface area (Å²) in [4.78, 5) is 23.0. The number of carbonyl (C=O) groups excluding carboxylic acids is 1. The number of halogens is 1. The van der Waals surface area contributed by atoms with E-state index < -0.39 is 17.8 Å². The summed E-state index contributed by atoms with van der Waals surface area (Å²) in [6.45, 7) is 1.82. The average Bonchev–Trinajstić information content (AvgIpc) is 2.90. The number of furan rings is 1. The van der Waals surface area contributed by atoms with Crippen molar-refractivity contribution in [2.75, 3.05) is 0 Å². The third-order valence-electron chi connectivity index (χ3n) is 3.38. The van der Waals surface area contributed by atoms with Crippen LogP contribution in [0.25, 0.3) is 0 Å². The van der Waals surface area contributed by atoms with Crippen LogP contribution in [0.3, 0.4) is 0 Å². The van der Waals surface area contributed by atoms with Crippen molar-refractivity contribution in [3.8, 4) is 0 Å². The zero-order chi connectivity index (χ0) is 16.8. The van der Waals surface area contributed by atoms with Crippen LogP contribution in [0.4, 0.5) is 4.39 Å². The van der Waals surface area contributed by atoms with Crippen LogP contribution in [0, 0.1) is 12.7 Å². The van der Waals surface area contributed by atoms with E-state index in [0.717, 1.165) is 5.76 Å². The van der Waals surface area contributed by atoms with Crippen LogP contribution in [-0.4, -0.2) is 17.0 Å². The number of carboxylic acid groups (broad SMARTS) is 1. The summed E-state index contributed by atoms with van der Waals surface area (Å²) in [5.74, 6) is -0.261. The Hall–Kier alpha value is -2.63. The number of carboxylic acids is 1. The fourth-order valence-electron chi connectivity index (χ4n) is 2.24. The Balaban J connectivity index is 1.97. The molecule has 0 aliphatic heterocycles. The van der Waals surface area contributed by atoms with E-state index in [4.69, 9.17) is 9.52 Å². The van der Waals surface area contributed by atoms with Gasteiger partial charge in [0.25, 0.3) is 0 Å². The molecule has 0 aliphatic carbocycles. The Morgan fingerprint density at radius 1 is 1.22 bits per heavy atom. The smallest absolute Gasteiger partial charge is 0.305 e. The molecule has 0 saturated carbocycles. The summed E-state index contributed by atoms with van der Waals surface area (Å²) in [6, 6.07) is 8.34. The first-order valence-electron chi connectivity index (χ1n) is 7.26. The maximum Gasteiger partial charge on any atom is 0.305 e. The third kappa shape index (κ3) is 5.25. The van der Waals surface area contributed by atoms with E-state index in [-0.39, 0.29) is 18.7 Å². The molecule has 1 atom stereocenters. The molecule has 23 heavy (non-hydrogen) atoms. The van der Waals surface area contributed by atoms with Crippen molar-refractivity contribution < 1.29 is 23.5 Å². The van der Waals surface area contributed by atoms with Gasteiger partial charge in [-0.3, -0.25) is 9.59 Å². The largest absolute Gasteiger partial charge is 0.481 e. The number of rotatable bonds is 7. The summed E-state index contributed by atoms with van der Waals surface area (Å²) < 4.78 is 18.4. The van der Waals surface area contributed by atoms with Gasteiger partial charge in [-0.1, -0.05) is 12.1 Å². The van der Waals surface area contributed by atoms with Crippen molar-refractivity contribution in [1.82, 2.24) is 5.32 Å². The molecule has 0 saturated heterocycles. The Bertz CT molecular complexity index is 678. The Morgan fingerprint density at radius 3 is 2.48 bits per heavy atom. The highest BCUT2D eigenvalue weighted by Gasteiger charge is 2.18. The summed E-state index contributed by atoms with van der Waals surface area (Å²) in [6.07, 6.45) is 0.352. The highest BCUT2D eigenvalue weighted by Crippen LogP contribution is 2.18. The monoisotopic (exact) mass is 319 g/mol. The minimum Gasteiger partial charge on any atom is -0.481 e. The number of carbonyl (C=O) groups is 2. The zero-order valence-electron chi connectivity index (χ0n) is 12.7. The van der Waals surface area contributed by atoms with Crippen LogP contribution in [0.5, 0.6) is 0 Å². The Kier molecular flexibility index (Phi) is 5.51. The van der Waals surface area contributed by atoms with E-state index >= 15 is 0 Å². The van der Waals surface area contributed by atoms with Gasteiger partial charge in [0.15, 0.2) is 0 Å². The molecule has 2 N–H and O–H groups in total. The maximum atomic E-state index is 13.0. The number of aryl methyl sites for hydroxylation is 2. The molecule has 0 unspecified atom stereocenters. The van der Waals surface area contributed by atoms with Gasteiger partial charge in [0.2, 0.25) is 5.91 Å². The van der Waals surface area contributed by atoms with Crippen molar-refractivity contribution in [2.45, 2.75) is 32.2 Å². The second-order valence-corrected chi connectivity index (χ2v) is 5.28. The quantitative estimate of drug-likeness (QED) is 0.822. The Morgan fingerprint density at radius 2 is 1.91 bits per heavy atom. The van der Waals surface area contributed by atoms with Crippen LogP contribution in [-0.2, 0) is 16.0 Å². The van der Waals surface area contributed by atoms with Gasteiger partial charge in [0.1, 0.15) is 17.3 Å². The molecule has 122 valence electrons. The lowest BCUT2D eigenvalue weighted by atomic mass is 10.0. The molecular formula is C17H18FNO4. The molecule has 5 nitrogen and oxygen atoms in total. The molecule has 2 rings (SSSR count). The predicted molar refractivity (Wildman–Crippen MR) is 81.3 cm³/mol. The summed E-state index contributed by atoms with van der Waals surface area (Å²) >= 11 is 0. The fraction of sp³-hybridized carbons (Fsp3) is 0.294. The number of benzene rings is 1. The fourth-order valence-corrected chi connectivity index (χ4v) is 2.24. The molecule has 1 amide bonds. The van der Waals surface area contributed by atoms with E-state index in [9.17, 15) is 14.0 Å². The molecular weight excluding hydrogens is 301 g/mol.